The minimum atomic E-state index is -0.484. The summed E-state index contributed by atoms with van der Waals surface area (Å²) in [5.41, 5.74) is 0.928. The van der Waals surface area contributed by atoms with Crippen molar-refractivity contribution in [3.8, 4) is 0 Å². The molecule has 1 amide bonds. The van der Waals surface area contributed by atoms with Gasteiger partial charge in [-0.25, -0.2) is 0 Å². The Morgan fingerprint density at radius 2 is 1.91 bits per heavy atom. The first-order valence-corrected chi connectivity index (χ1v) is 7.73. The maximum Gasteiger partial charge on any atom is 0.276 e. The quantitative estimate of drug-likeness (QED) is 0.435. The van der Waals surface area contributed by atoms with Crippen molar-refractivity contribution in [2.75, 3.05) is 5.32 Å². The number of nitrogens with zero attached hydrogens (tertiary/aromatic N) is 1. The molecular formula is C15H10Br2N2O3. The van der Waals surface area contributed by atoms with Gasteiger partial charge in [-0.1, -0.05) is 28.1 Å². The van der Waals surface area contributed by atoms with Gasteiger partial charge in [-0.15, -0.1) is 0 Å². The van der Waals surface area contributed by atoms with Gasteiger partial charge in [-0.2, -0.15) is 0 Å². The lowest BCUT2D eigenvalue weighted by atomic mass is 10.1. The van der Waals surface area contributed by atoms with Crippen molar-refractivity contribution >= 4 is 55.2 Å². The molecule has 0 aliphatic heterocycles. The fraction of sp³-hybridized carbons (Fsp3) is 0. The van der Waals surface area contributed by atoms with Gasteiger partial charge in [0.15, 0.2) is 0 Å². The van der Waals surface area contributed by atoms with Crippen LogP contribution in [0, 0.1) is 10.1 Å². The Morgan fingerprint density at radius 1 is 1.18 bits per heavy atom. The Bertz CT molecular complexity index is 760. The van der Waals surface area contributed by atoms with Crippen LogP contribution in [0.25, 0.3) is 6.08 Å². The van der Waals surface area contributed by atoms with E-state index >= 15 is 0 Å². The van der Waals surface area contributed by atoms with E-state index in [1.165, 1.54) is 18.2 Å². The molecule has 22 heavy (non-hydrogen) atoms. The summed E-state index contributed by atoms with van der Waals surface area (Å²) in [6.45, 7) is 0. The number of carbonyl (C=O) groups is 1. The molecule has 0 saturated heterocycles. The second-order valence-electron chi connectivity index (χ2n) is 4.26. The second-order valence-corrected chi connectivity index (χ2v) is 6.03. The lowest BCUT2D eigenvalue weighted by molar-refractivity contribution is -0.385. The van der Waals surface area contributed by atoms with E-state index in [0.717, 1.165) is 8.95 Å². The van der Waals surface area contributed by atoms with Crippen LogP contribution in [0.2, 0.25) is 0 Å². The summed E-state index contributed by atoms with van der Waals surface area (Å²) < 4.78 is 1.57. The Labute approximate surface area is 143 Å². The first-order valence-electron chi connectivity index (χ1n) is 6.15. The molecule has 0 spiro atoms. The van der Waals surface area contributed by atoms with Crippen molar-refractivity contribution in [3.63, 3.8) is 0 Å². The molecule has 7 heteroatoms. The standard InChI is InChI=1S/C15H10Br2N2O3/c16-11-6-7-12(17)13(9-11)18-15(20)8-5-10-3-1-2-4-14(10)19(21)22/h1-9H,(H,18,20)/b8-5+. The third kappa shape index (κ3) is 4.25. The van der Waals surface area contributed by atoms with Gasteiger partial charge >= 0.3 is 0 Å². The highest BCUT2D eigenvalue weighted by molar-refractivity contribution is 9.11. The van der Waals surface area contributed by atoms with Gasteiger partial charge in [-0.05, 0) is 46.3 Å². The van der Waals surface area contributed by atoms with Crippen LogP contribution in [0.1, 0.15) is 5.56 Å². The third-order valence-corrected chi connectivity index (χ3v) is 3.92. The zero-order chi connectivity index (χ0) is 16.1. The summed E-state index contributed by atoms with van der Waals surface area (Å²) in [4.78, 5) is 22.3. The van der Waals surface area contributed by atoms with Crippen LogP contribution in [-0.2, 0) is 4.79 Å². The number of hydrogen-bond donors (Lipinski definition) is 1. The van der Waals surface area contributed by atoms with Crippen LogP contribution < -0.4 is 5.32 Å². The van der Waals surface area contributed by atoms with Crippen molar-refractivity contribution in [1.82, 2.24) is 0 Å². The molecule has 0 aliphatic carbocycles. The smallest absolute Gasteiger partial charge is 0.276 e. The van der Waals surface area contributed by atoms with Gasteiger partial charge in [0.05, 0.1) is 16.2 Å². The number of carbonyl (C=O) groups excluding carboxylic acids is 1. The molecule has 0 bridgehead atoms. The van der Waals surface area contributed by atoms with Crippen LogP contribution in [0.15, 0.2) is 57.5 Å². The molecule has 112 valence electrons. The summed E-state index contributed by atoms with van der Waals surface area (Å²) in [6.07, 6.45) is 2.68. The number of halogens is 2. The number of nitro groups is 1. The molecule has 0 aliphatic rings. The molecule has 0 fully saturated rings. The topological polar surface area (TPSA) is 72.2 Å². The largest absolute Gasteiger partial charge is 0.321 e. The van der Waals surface area contributed by atoms with E-state index in [4.69, 9.17) is 0 Å². The van der Waals surface area contributed by atoms with Gasteiger partial charge in [0.2, 0.25) is 5.91 Å². The number of para-hydroxylation sites is 1. The van der Waals surface area contributed by atoms with Gasteiger partial charge in [0.25, 0.3) is 5.69 Å². The fourth-order valence-electron chi connectivity index (χ4n) is 1.73. The SMILES string of the molecule is O=C(/C=C/c1ccccc1[N+](=O)[O-])Nc1cc(Br)ccc1Br. The monoisotopic (exact) mass is 424 g/mol. The van der Waals surface area contributed by atoms with Crippen LogP contribution in [0.5, 0.6) is 0 Å². The lowest BCUT2D eigenvalue weighted by Crippen LogP contribution is -2.08. The molecule has 2 aromatic carbocycles. The summed E-state index contributed by atoms with van der Waals surface area (Å²) in [5.74, 6) is -0.378. The Balaban J connectivity index is 2.15. The Hall–Kier alpha value is -1.99. The highest BCUT2D eigenvalue weighted by Gasteiger charge is 2.10. The molecule has 0 atom stereocenters. The molecule has 2 aromatic rings. The predicted molar refractivity (Wildman–Crippen MR) is 92.6 cm³/mol. The van der Waals surface area contributed by atoms with Gasteiger partial charge < -0.3 is 5.32 Å². The third-order valence-electron chi connectivity index (χ3n) is 2.73. The minimum absolute atomic E-state index is 0.0461. The number of benzene rings is 2. The molecule has 0 saturated carbocycles. The van der Waals surface area contributed by atoms with Crippen molar-refractivity contribution in [1.29, 1.82) is 0 Å². The van der Waals surface area contributed by atoms with Crippen LogP contribution in [-0.4, -0.2) is 10.8 Å². The van der Waals surface area contributed by atoms with Crippen molar-refractivity contribution in [2.45, 2.75) is 0 Å². The van der Waals surface area contributed by atoms with E-state index in [1.54, 1.807) is 30.3 Å². The zero-order valence-corrected chi connectivity index (χ0v) is 14.3. The van der Waals surface area contributed by atoms with E-state index < -0.39 is 4.92 Å². The lowest BCUT2D eigenvalue weighted by Gasteiger charge is -2.05. The molecule has 0 unspecified atom stereocenters. The number of nitrogens with one attached hydrogen (secondary N) is 1. The summed E-state index contributed by atoms with van der Waals surface area (Å²) >= 11 is 6.66. The second kappa shape index (κ2) is 7.33. The summed E-state index contributed by atoms with van der Waals surface area (Å²) in [7, 11) is 0. The van der Waals surface area contributed by atoms with E-state index in [2.05, 4.69) is 37.2 Å². The first kappa shape index (κ1) is 16.4. The minimum Gasteiger partial charge on any atom is -0.321 e. The van der Waals surface area contributed by atoms with E-state index in [0.29, 0.717) is 11.3 Å². The summed E-state index contributed by atoms with van der Waals surface area (Å²) in [6, 6.07) is 11.6. The van der Waals surface area contributed by atoms with Crippen LogP contribution in [0.4, 0.5) is 11.4 Å². The van der Waals surface area contributed by atoms with E-state index in [9.17, 15) is 14.9 Å². The summed E-state index contributed by atoms with van der Waals surface area (Å²) in [5, 5.41) is 13.6. The number of nitro benzene ring substituents is 1. The molecule has 0 radical (unpaired) electrons. The molecule has 2 rings (SSSR count). The van der Waals surface area contributed by atoms with Crippen molar-refractivity contribution in [2.24, 2.45) is 0 Å². The highest BCUT2D eigenvalue weighted by Crippen LogP contribution is 2.26. The Morgan fingerprint density at radius 3 is 2.64 bits per heavy atom. The highest BCUT2D eigenvalue weighted by atomic mass is 79.9. The number of hydrogen-bond acceptors (Lipinski definition) is 3. The first-order chi connectivity index (χ1) is 10.5. The van der Waals surface area contributed by atoms with Gasteiger partial charge in [0.1, 0.15) is 0 Å². The average Bonchev–Trinajstić information content (AvgIpc) is 2.49. The van der Waals surface area contributed by atoms with Crippen molar-refractivity contribution < 1.29 is 9.72 Å². The maximum atomic E-state index is 11.9. The number of rotatable bonds is 4. The van der Waals surface area contributed by atoms with E-state index in [-0.39, 0.29) is 11.6 Å². The number of anilines is 1. The molecule has 5 nitrogen and oxygen atoms in total. The van der Waals surface area contributed by atoms with E-state index in [1.807, 2.05) is 6.07 Å². The molecule has 0 heterocycles. The zero-order valence-electron chi connectivity index (χ0n) is 11.1. The molecule has 0 aromatic heterocycles. The number of amides is 1. The Kier molecular flexibility index (Phi) is 5.46. The molecular weight excluding hydrogens is 416 g/mol. The molecule has 1 N–H and O–H groups in total. The predicted octanol–water partition coefficient (Wildman–Crippen LogP) is 4.77. The average molecular weight is 426 g/mol. The van der Waals surface area contributed by atoms with Crippen LogP contribution >= 0.6 is 31.9 Å². The maximum absolute atomic E-state index is 11.9. The van der Waals surface area contributed by atoms with Crippen molar-refractivity contribution in [3.05, 3.63) is 73.2 Å². The van der Waals surface area contributed by atoms with Gasteiger partial charge in [-0.3, -0.25) is 14.9 Å². The normalized spacial score (nSPS) is 10.6. The fourth-order valence-corrected chi connectivity index (χ4v) is 2.43. The van der Waals surface area contributed by atoms with Crippen LogP contribution in [0.3, 0.4) is 0 Å². The van der Waals surface area contributed by atoms with Gasteiger partial charge in [0, 0.05) is 21.1 Å².